The van der Waals surface area contributed by atoms with E-state index in [1.807, 2.05) is 13.8 Å². The summed E-state index contributed by atoms with van der Waals surface area (Å²) in [5.41, 5.74) is 0.0103. The van der Waals surface area contributed by atoms with E-state index in [-0.39, 0.29) is 30.2 Å². The highest BCUT2D eigenvalue weighted by Gasteiger charge is 2.35. The summed E-state index contributed by atoms with van der Waals surface area (Å²) in [7, 11) is 0. The molecule has 0 unspecified atom stereocenters. The Balaban J connectivity index is 2.31. The molecule has 0 aromatic rings. The molecule has 1 saturated heterocycles. The predicted octanol–water partition coefficient (Wildman–Crippen LogP) is -0.0499. The molecule has 90 valence electrons. The lowest BCUT2D eigenvalue weighted by molar-refractivity contribution is -0.128. The number of nitrogens with zero attached hydrogens (tertiary/aromatic N) is 1. The van der Waals surface area contributed by atoms with Crippen LogP contribution in [0, 0.1) is 5.41 Å². The smallest absolute Gasteiger partial charge is 0.223 e. The molecule has 1 N–H and O–H groups in total. The van der Waals surface area contributed by atoms with Gasteiger partial charge in [-0.1, -0.05) is 13.8 Å². The molecular formula is C11H18N2O3. The predicted molar refractivity (Wildman–Crippen MR) is 58.7 cm³/mol. The van der Waals surface area contributed by atoms with Gasteiger partial charge in [0.2, 0.25) is 11.8 Å². The highest BCUT2D eigenvalue weighted by molar-refractivity contribution is 5.81. The second kappa shape index (κ2) is 5.09. The van der Waals surface area contributed by atoms with Gasteiger partial charge in [-0.3, -0.25) is 9.59 Å². The van der Waals surface area contributed by atoms with Gasteiger partial charge in [0, 0.05) is 25.9 Å². The molecule has 0 aliphatic carbocycles. The number of carbonyl (C=O) groups is 3. The Morgan fingerprint density at radius 2 is 2.25 bits per heavy atom. The van der Waals surface area contributed by atoms with Crippen LogP contribution >= 0.6 is 0 Å². The zero-order chi connectivity index (χ0) is 12.2. The average Bonchev–Trinajstić information content (AvgIpc) is 2.45. The number of likely N-dealkylation sites (tertiary alicyclic amines) is 1. The van der Waals surface area contributed by atoms with Crippen LogP contribution in [0.3, 0.4) is 0 Å². The van der Waals surface area contributed by atoms with E-state index in [1.165, 1.54) is 0 Å². The monoisotopic (exact) mass is 226 g/mol. The van der Waals surface area contributed by atoms with Gasteiger partial charge in [0.05, 0.1) is 6.54 Å². The summed E-state index contributed by atoms with van der Waals surface area (Å²) in [6, 6.07) is 0. The Labute approximate surface area is 95.2 Å². The van der Waals surface area contributed by atoms with Crippen molar-refractivity contribution in [3.05, 3.63) is 0 Å². The van der Waals surface area contributed by atoms with Crippen LogP contribution in [0.2, 0.25) is 0 Å². The first-order chi connectivity index (χ1) is 7.44. The maximum absolute atomic E-state index is 11.6. The largest absolute Gasteiger partial charge is 0.349 e. The third kappa shape index (κ3) is 3.64. The van der Waals surface area contributed by atoms with Gasteiger partial charge >= 0.3 is 0 Å². The molecule has 5 nitrogen and oxygen atoms in total. The van der Waals surface area contributed by atoms with Gasteiger partial charge < -0.3 is 15.0 Å². The number of aldehydes is 1. The molecule has 1 rings (SSSR count). The van der Waals surface area contributed by atoms with Crippen molar-refractivity contribution in [3.63, 3.8) is 0 Å². The van der Waals surface area contributed by atoms with E-state index in [0.29, 0.717) is 25.8 Å². The van der Waals surface area contributed by atoms with Gasteiger partial charge in [-0.2, -0.15) is 0 Å². The molecule has 5 heteroatoms. The van der Waals surface area contributed by atoms with Crippen LogP contribution in [0.25, 0.3) is 0 Å². The minimum atomic E-state index is -0.190. The van der Waals surface area contributed by atoms with E-state index in [2.05, 4.69) is 5.32 Å². The van der Waals surface area contributed by atoms with Gasteiger partial charge in [0.25, 0.3) is 0 Å². The molecule has 0 aromatic carbocycles. The van der Waals surface area contributed by atoms with E-state index in [1.54, 1.807) is 4.90 Å². The van der Waals surface area contributed by atoms with Crippen molar-refractivity contribution in [1.82, 2.24) is 10.2 Å². The second-order valence-electron chi connectivity index (χ2n) is 4.88. The molecule has 2 amide bonds. The van der Waals surface area contributed by atoms with Crippen molar-refractivity contribution >= 4 is 18.1 Å². The first-order valence-corrected chi connectivity index (χ1v) is 5.43. The van der Waals surface area contributed by atoms with Gasteiger partial charge in [0.1, 0.15) is 6.29 Å². The summed E-state index contributed by atoms with van der Waals surface area (Å²) >= 11 is 0. The van der Waals surface area contributed by atoms with Crippen LogP contribution in [-0.2, 0) is 14.4 Å². The SMILES string of the molecule is CC1(C)CC(=O)N(CCC(=O)NCC=O)C1. The Bertz CT molecular complexity index is 300. The second-order valence-corrected chi connectivity index (χ2v) is 4.88. The summed E-state index contributed by atoms with van der Waals surface area (Å²) in [4.78, 5) is 34.5. The molecule has 0 radical (unpaired) electrons. The van der Waals surface area contributed by atoms with Crippen LogP contribution in [0.4, 0.5) is 0 Å². The molecule has 0 aromatic heterocycles. The third-order valence-electron chi connectivity index (χ3n) is 2.59. The quantitative estimate of drug-likeness (QED) is 0.668. The van der Waals surface area contributed by atoms with E-state index < -0.39 is 0 Å². The average molecular weight is 226 g/mol. The van der Waals surface area contributed by atoms with E-state index >= 15 is 0 Å². The number of nitrogens with one attached hydrogen (secondary N) is 1. The normalized spacial score (nSPS) is 18.6. The van der Waals surface area contributed by atoms with Gasteiger partial charge in [-0.15, -0.1) is 0 Å². The molecule has 1 aliphatic rings. The fraction of sp³-hybridized carbons (Fsp3) is 0.727. The Morgan fingerprint density at radius 1 is 1.56 bits per heavy atom. The maximum Gasteiger partial charge on any atom is 0.223 e. The lowest BCUT2D eigenvalue weighted by Crippen LogP contribution is -2.33. The van der Waals surface area contributed by atoms with Crippen molar-refractivity contribution < 1.29 is 14.4 Å². The molecule has 1 aliphatic heterocycles. The van der Waals surface area contributed by atoms with Crippen molar-refractivity contribution in [2.75, 3.05) is 19.6 Å². The zero-order valence-corrected chi connectivity index (χ0v) is 9.78. The molecular weight excluding hydrogens is 208 g/mol. The van der Waals surface area contributed by atoms with Crippen molar-refractivity contribution in [1.29, 1.82) is 0 Å². The first kappa shape index (κ1) is 12.7. The summed E-state index contributed by atoms with van der Waals surface area (Å²) in [5.74, 6) is -0.0854. The van der Waals surface area contributed by atoms with Crippen molar-refractivity contribution in [3.8, 4) is 0 Å². The fourth-order valence-corrected chi connectivity index (χ4v) is 1.87. The standard InChI is InChI=1S/C11H18N2O3/c1-11(2)7-10(16)13(8-11)5-3-9(15)12-4-6-14/h6H,3-5,7-8H2,1-2H3,(H,12,15). The van der Waals surface area contributed by atoms with Gasteiger partial charge in [0.15, 0.2) is 0 Å². The summed E-state index contributed by atoms with van der Waals surface area (Å²) < 4.78 is 0. The number of amides is 2. The summed E-state index contributed by atoms with van der Waals surface area (Å²) in [6.45, 7) is 5.26. The Hall–Kier alpha value is -1.39. The number of hydrogen-bond donors (Lipinski definition) is 1. The highest BCUT2D eigenvalue weighted by atomic mass is 16.2. The molecule has 0 bridgehead atoms. The summed E-state index contributed by atoms with van der Waals surface area (Å²) in [5, 5.41) is 2.45. The molecule has 1 fully saturated rings. The molecule has 0 atom stereocenters. The van der Waals surface area contributed by atoms with E-state index in [9.17, 15) is 14.4 Å². The first-order valence-electron chi connectivity index (χ1n) is 5.43. The molecule has 1 heterocycles. The van der Waals surface area contributed by atoms with Gasteiger partial charge in [-0.05, 0) is 5.41 Å². The number of carbonyl (C=O) groups excluding carboxylic acids is 3. The zero-order valence-electron chi connectivity index (χ0n) is 9.78. The fourth-order valence-electron chi connectivity index (χ4n) is 1.87. The molecule has 0 spiro atoms. The third-order valence-corrected chi connectivity index (χ3v) is 2.59. The Kier molecular flexibility index (Phi) is 4.04. The Morgan fingerprint density at radius 3 is 2.75 bits per heavy atom. The lowest BCUT2D eigenvalue weighted by atomic mass is 9.93. The minimum Gasteiger partial charge on any atom is -0.349 e. The van der Waals surface area contributed by atoms with Crippen LogP contribution in [-0.4, -0.2) is 42.6 Å². The van der Waals surface area contributed by atoms with Crippen molar-refractivity contribution in [2.24, 2.45) is 5.41 Å². The van der Waals surface area contributed by atoms with Crippen LogP contribution in [0.15, 0.2) is 0 Å². The van der Waals surface area contributed by atoms with Gasteiger partial charge in [-0.25, -0.2) is 0 Å². The topological polar surface area (TPSA) is 66.5 Å². The van der Waals surface area contributed by atoms with Crippen molar-refractivity contribution in [2.45, 2.75) is 26.7 Å². The number of hydrogen-bond acceptors (Lipinski definition) is 3. The van der Waals surface area contributed by atoms with Crippen LogP contribution in [0.1, 0.15) is 26.7 Å². The van der Waals surface area contributed by atoms with E-state index in [4.69, 9.17) is 0 Å². The van der Waals surface area contributed by atoms with E-state index in [0.717, 1.165) is 0 Å². The maximum atomic E-state index is 11.6. The van der Waals surface area contributed by atoms with Crippen LogP contribution < -0.4 is 5.32 Å². The minimum absolute atomic E-state index is 0.0103. The highest BCUT2D eigenvalue weighted by Crippen LogP contribution is 2.29. The van der Waals surface area contributed by atoms with Crippen LogP contribution in [0.5, 0.6) is 0 Å². The lowest BCUT2D eigenvalue weighted by Gasteiger charge is -2.19. The molecule has 0 saturated carbocycles. The number of rotatable bonds is 5. The molecule has 16 heavy (non-hydrogen) atoms. The summed E-state index contributed by atoms with van der Waals surface area (Å²) in [6.07, 6.45) is 1.45.